The lowest BCUT2D eigenvalue weighted by Crippen LogP contribution is -2.25. The number of ether oxygens (including phenoxy) is 2. The number of fused-ring (bicyclic) bond motifs is 1. The van der Waals surface area contributed by atoms with E-state index in [2.05, 4.69) is 10.6 Å². The Morgan fingerprint density at radius 3 is 2.49 bits per heavy atom. The fourth-order valence-corrected chi connectivity index (χ4v) is 6.91. The van der Waals surface area contributed by atoms with Gasteiger partial charge < -0.3 is 20.1 Å². The number of hydrogen-bond donors (Lipinski definition) is 2. The van der Waals surface area contributed by atoms with E-state index in [1.165, 1.54) is 41.5 Å². The third-order valence-corrected chi connectivity index (χ3v) is 9.23. The lowest BCUT2D eigenvalue weighted by molar-refractivity contribution is -0.115. The van der Waals surface area contributed by atoms with Crippen LogP contribution in [0.25, 0.3) is 0 Å². The Morgan fingerprint density at radius 2 is 1.74 bits per heavy atom. The van der Waals surface area contributed by atoms with Crippen LogP contribution >= 0.6 is 23.1 Å². The van der Waals surface area contributed by atoms with E-state index < -0.39 is 5.97 Å². The molecule has 3 aromatic rings. The number of carbonyl (C=O) groups excluding carboxylic acids is 3. The van der Waals surface area contributed by atoms with E-state index in [1.807, 2.05) is 31.2 Å². The van der Waals surface area contributed by atoms with Crippen LogP contribution in [0, 0.1) is 0 Å². The van der Waals surface area contributed by atoms with Crippen molar-refractivity contribution in [1.82, 2.24) is 0 Å². The van der Waals surface area contributed by atoms with Crippen LogP contribution in [0.3, 0.4) is 0 Å². The van der Waals surface area contributed by atoms with Crippen LogP contribution in [0.2, 0.25) is 0 Å². The van der Waals surface area contributed by atoms with Gasteiger partial charge in [-0.1, -0.05) is 31.9 Å². The number of thiophene rings is 1. The molecule has 2 amide bonds. The van der Waals surface area contributed by atoms with Crippen LogP contribution in [0.1, 0.15) is 70.2 Å². The minimum Gasteiger partial charge on any atom is -0.497 e. The van der Waals surface area contributed by atoms with Gasteiger partial charge in [0.1, 0.15) is 10.8 Å². The van der Waals surface area contributed by atoms with Crippen molar-refractivity contribution in [1.29, 1.82) is 0 Å². The average Bonchev–Trinajstić information content (AvgIpc) is 3.26. The third kappa shape index (κ3) is 7.22. The highest BCUT2D eigenvalue weighted by atomic mass is 32.2. The van der Waals surface area contributed by atoms with Crippen molar-refractivity contribution in [3.63, 3.8) is 0 Å². The number of amides is 2. The largest absolute Gasteiger partial charge is 0.497 e. The van der Waals surface area contributed by atoms with Crippen LogP contribution in [-0.2, 0) is 22.4 Å². The van der Waals surface area contributed by atoms with Crippen molar-refractivity contribution >= 4 is 51.6 Å². The third-order valence-electron chi connectivity index (χ3n) is 6.66. The van der Waals surface area contributed by atoms with Gasteiger partial charge in [-0.15, -0.1) is 23.1 Å². The zero-order chi connectivity index (χ0) is 27.8. The zero-order valence-corrected chi connectivity index (χ0v) is 24.1. The fourth-order valence-electron chi connectivity index (χ4n) is 4.62. The van der Waals surface area contributed by atoms with Crippen LogP contribution in [0.5, 0.6) is 5.75 Å². The second kappa shape index (κ2) is 13.7. The monoisotopic (exact) mass is 566 g/mol. The van der Waals surface area contributed by atoms with Gasteiger partial charge in [-0.25, -0.2) is 4.79 Å². The predicted molar refractivity (Wildman–Crippen MR) is 157 cm³/mol. The van der Waals surface area contributed by atoms with Gasteiger partial charge in [0.25, 0.3) is 5.91 Å². The molecule has 39 heavy (non-hydrogen) atoms. The Morgan fingerprint density at radius 1 is 0.974 bits per heavy atom. The number of thioether (sulfide) groups is 1. The normalized spacial score (nSPS) is 13.8. The van der Waals surface area contributed by atoms with Crippen molar-refractivity contribution in [2.45, 2.75) is 62.0 Å². The van der Waals surface area contributed by atoms with Gasteiger partial charge in [0.05, 0.1) is 25.0 Å². The van der Waals surface area contributed by atoms with E-state index in [-0.39, 0.29) is 17.1 Å². The molecule has 0 fully saturated rings. The summed E-state index contributed by atoms with van der Waals surface area (Å²) in [6.45, 7) is 1.96. The number of esters is 1. The van der Waals surface area contributed by atoms with Crippen molar-refractivity contribution in [2.75, 3.05) is 24.9 Å². The highest BCUT2D eigenvalue weighted by Gasteiger charge is 2.28. The van der Waals surface area contributed by atoms with Crippen LogP contribution in [0.4, 0.5) is 10.7 Å². The zero-order valence-electron chi connectivity index (χ0n) is 22.5. The molecule has 1 heterocycles. The number of nitrogens with one attached hydrogen (secondary N) is 2. The van der Waals surface area contributed by atoms with Crippen LogP contribution in [-0.4, -0.2) is 37.3 Å². The molecule has 1 aliphatic carbocycles. The van der Waals surface area contributed by atoms with E-state index >= 15 is 0 Å². The van der Waals surface area contributed by atoms with Crippen molar-refractivity contribution < 1.29 is 23.9 Å². The number of rotatable bonds is 9. The minimum absolute atomic E-state index is 0.160. The molecule has 0 bridgehead atoms. The van der Waals surface area contributed by atoms with Gasteiger partial charge in [0, 0.05) is 21.0 Å². The molecular weight excluding hydrogens is 532 g/mol. The maximum Gasteiger partial charge on any atom is 0.341 e. The molecule has 7 nitrogen and oxygen atoms in total. The SMILES string of the molecule is CCC(Sc1cccc(NC(=O)c2cccc(OC)c2)c1)C(=O)Nc1sc2c(c1C(=O)OC)CCCCCC2. The molecule has 1 unspecified atom stereocenters. The van der Waals surface area contributed by atoms with Gasteiger partial charge in [0.15, 0.2) is 0 Å². The lowest BCUT2D eigenvalue weighted by atomic mass is 9.96. The van der Waals surface area contributed by atoms with Gasteiger partial charge >= 0.3 is 5.97 Å². The summed E-state index contributed by atoms with van der Waals surface area (Å²) < 4.78 is 10.3. The Hall–Kier alpha value is -3.30. The van der Waals surface area contributed by atoms with Crippen molar-refractivity contribution in [3.05, 3.63) is 70.1 Å². The number of carbonyl (C=O) groups is 3. The molecule has 1 aliphatic rings. The molecule has 0 radical (unpaired) electrons. The number of anilines is 2. The molecule has 1 aromatic heterocycles. The van der Waals surface area contributed by atoms with Crippen LogP contribution in [0.15, 0.2) is 53.4 Å². The second-order valence-electron chi connectivity index (χ2n) is 9.33. The summed E-state index contributed by atoms with van der Waals surface area (Å²) in [5.41, 5.74) is 2.66. The summed E-state index contributed by atoms with van der Waals surface area (Å²) in [7, 11) is 2.94. The standard InChI is InChI=1S/C30H34N2O5S2/c1-4-24(28(34)32-29-26(30(35)37-3)23-15-7-5-6-8-16-25(23)39-29)38-22-14-10-12-20(18-22)31-27(33)19-11-9-13-21(17-19)36-2/h9-14,17-18,24H,4-8,15-16H2,1-3H3,(H,31,33)(H,32,34). The van der Waals surface area contributed by atoms with E-state index in [0.717, 1.165) is 42.6 Å². The van der Waals surface area contributed by atoms with Gasteiger partial charge in [-0.3, -0.25) is 9.59 Å². The first-order chi connectivity index (χ1) is 18.9. The number of methoxy groups -OCH3 is 2. The van der Waals surface area contributed by atoms with E-state index in [4.69, 9.17) is 9.47 Å². The summed E-state index contributed by atoms with van der Waals surface area (Å²) in [5.74, 6) is -0.197. The summed E-state index contributed by atoms with van der Waals surface area (Å²) in [6.07, 6.45) is 6.77. The Bertz CT molecular complexity index is 1340. The Labute approximate surface area is 237 Å². The van der Waals surface area contributed by atoms with Crippen LogP contribution < -0.4 is 15.4 Å². The van der Waals surface area contributed by atoms with E-state index in [1.54, 1.807) is 31.4 Å². The quantitative estimate of drug-likeness (QED) is 0.215. The Kier molecular flexibility index (Phi) is 10.1. The first-order valence-corrected chi connectivity index (χ1v) is 14.9. The van der Waals surface area contributed by atoms with Gasteiger partial charge in [-0.05, 0) is 74.1 Å². The fraction of sp³-hybridized carbons (Fsp3) is 0.367. The first-order valence-electron chi connectivity index (χ1n) is 13.2. The average molecular weight is 567 g/mol. The summed E-state index contributed by atoms with van der Waals surface area (Å²) in [5, 5.41) is 6.16. The molecule has 4 rings (SSSR count). The highest BCUT2D eigenvalue weighted by Crippen LogP contribution is 2.38. The molecule has 2 N–H and O–H groups in total. The molecule has 9 heteroatoms. The number of hydrogen-bond acceptors (Lipinski definition) is 7. The number of benzene rings is 2. The van der Waals surface area contributed by atoms with Gasteiger partial charge in [0.2, 0.25) is 5.91 Å². The summed E-state index contributed by atoms with van der Waals surface area (Å²) in [6, 6.07) is 14.4. The maximum absolute atomic E-state index is 13.4. The maximum atomic E-state index is 13.4. The van der Waals surface area contributed by atoms with Crippen molar-refractivity contribution in [3.8, 4) is 5.75 Å². The van der Waals surface area contributed by atoms with E-state index in [0.29, 0.717) is 34.0 Å². The van der Waals surface area contributed by atoms with E-state index in [9.17, 15) is 14.4 Å². The summed E-state index contributed by atoms with van der Waals surface area (Å²) in [4.78, 5) is 40.9. The molecular formula is C30H34N2O5S2. The summed E-state index contributed by atoms with van der Waals surface area (Å²) >= 11 is 2.93. The number of aryl methyl sites for hydroxylation is 1. The molecule has 1 atom stereocenters. The topological polar surface area (TPSA) is 93.7 Å². The molecule has 0 aliphatic heterocycles. The van der Waals surface area contributed by atoms with Crippen molar-refractivity contribution in [2.24, 2.45) is 0 Å². The molecule has 2 aromatic carbocycles. The smallest absolute Gasteiger partial charge is 0.341 e. The highest BCUT2D eigenvalue weighted by molar-refractivity contribution is 8.00. The molecule has 0 spiro atoms. The minimum atomic E-state index is -0.399. The molecule has 0 saturated carbocycles. The second-order valence-corrected chi connectivity index (χ2v) is 11.7. The first kappa shape index (κ1) is 28.7. The van der Waals surface area contributed by atoms with Gasteiger partial charge in [-0.2, -0.15) is 0 Å². The molecule has 206 valence electrons. The molecule has 0 saturated heterocycles. The Balaban J connectivity index is 1.48. The predicted octanol–water partition coefficient (Wildman–Crippen LogP) is 6.96. The lowest BCUT2D eigenvalue weighted by Gasteiger charge is -2.16.